The molecule has 34 heavy (non-hydrogen) atoms. The van der Waals surface area contributed by atoms with Gasteiger partial charge in [-0.3, -0.25) is 0 Å². The molecule has 2 aliphatic carbocycles. The fourth-order valence-corrected chi connectivity index (χ4v) is 3.79. The van der Waals surface area contributed by atoms with Gasteiger partial charge in [-0.25, -0.2) is 4.79 Å². The zero-order valence-corrected chi connectivity index (χ0v) is 20.9. The third-order valence-corrected chi connectivity index (χ3v) is 5.68. The van der Waals surface area contributed by atoms with Crippen LogP contribution in [0.15, 0.2) is 95.7 Å². The van der Waals surface area contributed by atoms with E-state index >= 15 is 0 Å². The second kappa shape index (κ2) is 14.1. The summed E-state index contributed by atoms with van der Waals surface area (Å²) in [5, 5.41) is 15.5. The predicted molar refractivity (Wildman–Crippen MR) is 143 cm³/mol. The molecular formula is C30H38N2O2. The van der Waals surface area contributed by atoms with Crippen LogP contribution >= 0.6 is 0 Å². The SMILES string of the molecule is CC=CC(OC(=O)C=CC1=CCCC=C1)C(C)C=CC1C=CC(/C(C)=C/C(=N)CC(C)=N)=CC1. The average molecular weight is 459 g/mol. The molecule has 0 bridgehead atoms. The third-order valence-electron chi connectivity index (χ3n) is 5.68. The lowest BCUT2D eigenvalue weighted by atomic mass is 9.91. The summed E-state index contributed by atoms with van der Waals surface area (Å²) in [4.78, 5) is 12.3. The first-order valence-corrected chi connectivity index (χ1v) is 12.0. The van der Waals surface area contributed by atoms with Crippen LogP contribution in [-0.4, -0.2) is 23.5 Å². The fourth-order valence-electron chi connectivity index (χ4n) is 3.79. The molecule has 4 nitrogen and oxygen atoms in total. The van der Waals surface area contributed by atoms with Gasteiger partial charge in [0.15, 0.2) is 0 Å². The van der Waals surface area contributed by atoms with Crippen molar-refractivity contribution in [3.63, 3.8) is 0 Å². The molecule has 0 amide bonds. The molecule has 0 aromatic carbocycles. The average Bonchev–Trinajstić information content (AvgIpc) is 2.81. The van der Waals surface area contributed by atoms with Crippen LogP contribution in [0.2, 0.25) is 0 Å². The Morgan fingerprint density at radius 2 is 1.97 bits per heavy atom. The molecule has 4 heteroatoms. The van der Waals surface area contributed by atoms with Crippen molar-refractivity contribution in [2.24, 2.45) is 11.8 Å². The molecule has 2 aliphatic rings. The topological polar surface area (TPSA) is 74.0 Å². The van der Waals surface area contributed by atoms with Crippen molar-refractivity contribution >= 4 is 17.4 Å². The van der Waals surface area contributed by atoms with Crippen LogP contribution in [-0.2, 0) is 9.53 Å². The number of esters is 1. The number of carbonyl (C=O) groups excluding carboxylic acids is 1. The Labute approximate surface area is 204 Å². The van der Waals surface area contributed by atoms with Crippen molar-refractivity contribution in [1.29, 1.82) is 10.8 Å². The summed E-state index contributed by atoms with van der Waals surface area (Å²) in [5.41, 5.74) is 4.17. The lowest BCUT2D eigenvalue weighted by Gasteiger charge is -2.19. The Bertz CT molecular complexity index is 999. The van der Waals surface area contributed by atoms with E-state index in [0.29, 0.717) is 17.8 Å². The molecule has 2 rings (SSSR count). The van der Waals surface area contributed by atoms with Crippen molar-refractivity contribution in [3.8, 4) is 0 Å². The zero-order valence-electron chi connectivity index (χ0n) is 20.9. The standard InChI is InChI=1S/C30H38N2O2/c1-5-9-29(34-30(33)19-16-25-10-7-6-8-11-25)22(2)12-13-26-14-17-27(18-15-26)23(3)20-28(32)21-24(4)31/h5,7,9-14,16-20,22,26,29,31-32H,6,8,15,21H2,1-4H3/b9-5?,13-12?,19-16?,23-20+,31-24?,32-28?. The summed E-state index contributed by atoms with van der Waals surface area (Å²) in [6.45, 7) is 7.72. The van der Waals surface area contributed by atoms with E-state index in [4.69, 9.17) is 15.6 Å². The highest BCUT2D eigenvalue weighted by Crippen LogP contribution is 2.24. The molecule has 3 unspecified atom stereocenters. The second-order valence-electron chi connectivity index (χ2n) is 8.92. The van der Waals surface area contributed by atoms with Gasteiger partial charge in [0, 0.05) is 29.8 Å². The third kappa shape index (κ3) is 9.70. The van der Waals surface area contributed by atoms with Crippen LogP contribution in [0.1, 0.15) is 53.4 Å². The van der Waals surface area contributed by atoms with Crippen molar-refractivity contribution in [2.75, 3.05) is 0 Å². The molecule has 0 radical (unpaired) electrons. The van der Waals surface area contributed by atoms with Gasteiger partial charge < -0.3 is 15.6 Å². The second-order valence-corrected chi connectivity index (χ2v) is 8.92. The molecule has 0 aliphatic heterocycles. The minimum atomic E-state index is -0.334. The Hall–Kier alpha value is -3.27. The first kappa shape index (κ1) is 27.0. The molecule has 0 saturated heterocycles. The molecule has 0 heterocycles. The normalized spacial score (nSPS) is 20.5. The smallest absolute Gasteiger partial charge is 0.331 e. The highest BCUT2D eigenvalue weighted by Gasteiger charge is 2.16. The van der Waals surface area contributed by atoms with E-state index in [1.807, 2.05) is 44.2 Å². The van der Waals surface area contributed by atoms with Gasteiger partial charge in [0.2, 0.25) is 0 Å². The number of hydrogen-bond donors (Lipinski definition) is 2. The molecule has 3 atom stereocenters. The van der Waals surface area contributed by atoms with Crippen molar-refractivity contribution in [1.82, 2.24) is 0 Å². The maximum atomic E-state index is 12.3. The van der Waals surface area contributed by atoms with E-state index in [9.17, 15) is 4.79 Å². The summed E-state index contributed by atoms with van der Waals surface area (Å²) in [6, 6.07) is 0. The van der Waals surface area contributed by atoms with E-state index < -0.39 is 0 Å². The number of allylic oxidation sites excluding steroid dienone is 13. The van der Waals surface area contributed by atoms with E-state index in [-0.39, 0.29) is 23.9 Å². The highest BCUT2D eigenvalue weighted by atomic mass is 16.5. The van der Waals surface area contributed by atoms with Crippen LogP contribution in [0, 0.1) is 22.7 Å². The van der Waals surface area contributed by atoms with Crippen LogP contribution < -0.4 is 0 Å². The number of rotatable bonds is 11. The molecule has 0 spiro atoms. The number of carbonyl (C=O) groups is 1. The van der Waals surface area contributed by atoms with Gasteiger partial charge in [-0.2, -0.15) is 0 Å². The van der Waals surface area contributed by atoms with E-state index in [2.05, 4.69) is 49.5 Å². The van der Waals surface area contributed by atoms with Gasteiger partial charge in [-0.05, 0) is 80.9 Å². The molecular weight excluding hydrogens is 420 g/mol. The highest BCUT2D eigenvalue weighted by molar-refractivity contribution is 6.06. The van der Waals surface area contributed by atoms with E-state index in [1.54, 1.807) is 6.92 Å². The Morgan fingerprint density at radius 1 is 1.18 bits per heavy atom. The molecule has 0 saturated carbocycles. The maximum Gasteiger partial charge on any atom is 0.331 e. The van der Waals surface area contributed by atoms with Gasteiger partial charge >= 0.3 is 5.97 Å². The lowest BCUT2D eigenvalue weighted by molar-refractivity contribution is -0.142. The summed E-state index contributed by atoms with van der Waals surface area (Å²) in [5.74, 6) is 0.00105. The minimum absolute atomic E-state index is 0.0487. The molecule has 2 N–H and O–H groups in total. The van der Waals surface area contributed by atoms with E-state index in [0.717, 1.165) is 36.0 Å². The molecule has 0 aromatic rings. The van der Waals surface area contributed by atoms with Crippen LogP contribution in [0.5, 0.6) is 0 Å². The summed E-state index contributed by atoms with van der Waals surface area (Å²) >= 11 is 0. The number of ether oxygens (including phenoxy) is 1. The number of nitrogens with one attached hydrogen (secondary N) is 2. The van der Waals surface area contributed by atoms with Gasteiger partial charge in [0.1, 0.15) is 6.10 Å². The van der Waals surface area contributed by atoms with Gasteiger partial charge in [-0.15, -0.1) is 0 Å². The molecule has 0 aromatic heterocycles. The van der Waals surface area contributed by atoms with Crippen molar-refractivity contribution in [3.05, 3.63) is 95.7 Å². The monoisotopic (exact) mass is 458 g/mol. The maximum absolute atomic E-state index is 12.3. The molecule has 180 valence electrons. The van der Waals surface area contributed by atoms with Gasteiger partial charge in [0.05, 0.1) is 0 Å². The fraction of sp³-hybridized carbons (Fsp3) is 0.367. The Balaban J connectivity index is 1.92. The first-order valence-electron chi connectivity index (χ1n) is 12.0. The Kier molecular flexibility index (Phi) is 11.2. The Morgan fingerprint density at radius 3 is 2.59 bits per heavy atom. The van der Waals surface area contributed by atoms with Gasteiger partial charge in [0.25, 0.3) is 0 Å². The first-order chi connectivity index (χ1) is 16.3. The van der Waals surface area contributed by atoms with Crippen LogP contribution in [0.3, 0.4) is 0 Å². The number of hydrogen-bond acceptors (Lipinski definition) is 4. The lowest BCUT2D eigenvalue weighted by Crippen LogP contribution is -2.21. The van der Waals surface area contributed by atoms with Crippen molar-refractivity contribution in [2.45, 2.75) is 59.5 Å². The summed E-state index contributed by atoms with van der Waals surface area (Å²) < 4.78 is 5.71. The van der Waals surface area contributed by atoms with Crippen LogP contribution in [0.25, 0.3) is 0 Å². The summed E-state index contributed by atoms with van der Waals surface area (Å²) in [7, 11) is 0. The van der Waals surface area contributed by atoms with Crippen molar-refractivity contribution < 1.29 is 9.53 Å². The zero-order chi connectivity index (χ0) is 24.9. The quantitative estimate of drug-likeness (QED) is 0.146. The minimum Gasteiger partial charge on any atom is -0.454 e. The van der Waals surface area contributed by atoms with Gasteiger partial charge in [-0.1, -0.05) is 61.6 Å². The summed E-state index contributed by atoms with van der Waals surface area (Å²) in [6.07, 6.45) is 29.0. The largest absolute Gasteiger partial charge is 0.454 e. The predicted octanol–water partition coefficient (Wildman–Crippen LogP) is 7.40. The van der Waals surface area contributed by atoms with E-state index in [1.165, 1.54) is 6.08 Å². The molecule has 0 fully saturated rings. The van der Waals surface area contributed by atoms with Crippen LogP contribution in [0.4, 0.5) is 0 Å².